The second kappa shape index (κ2) is 5.21. The molecule has 0 atom stereocenters. The fourth-order valence-electron chi connectivity index (χ4n) is 2.19. The molecular formula is C14H21NO2. The molecule has 0 saturated carbocycles. The third kappa shape index (κ3) is 2.43. The largest absolute Gasteiger partial charge is 0.479 e. The Morgan fingerprint density at radius 1 is 1.24 bits per heavy atom. The number of hydrogen-bond acceptors (Lipinski definition) is 2. The molecule has 0 spiro atoms. The van der Waals surface area contributed by atoms with Crippen molar-refractivity contribution in [2.24, 2.45) is 0 Å². The van der Waals surface area contributed by atoms with Gasteiger partial charge < -0.3 is 10.0 Å². The van der Waals surface area contributed by atoms with Gasteiger partial charge in [-0.25, -0.2) is 4.79 Å². The minimum atomic E-state index is -0.810. The molecule has 0 aliphatic rings. The van der Waals surface area contributed by atoms with Gasteiger partial charge in [0, 0.05) is 12.7 Å². The zero-order chi connectivity index (χ0) is 13.1. The van der Waals surface area contributed by atoms with E-state index in [2.05, 4.69) is 0 Å². The van der Waals surface area contributed by atoms with Crippen molar-refractivity contribution in [3.63, 3.8) is 0 Å². The molecule has 0 fully saturated rings. The summed E-state index contributed by atoms with van der Waals surface area (Å²) in [6, 6.07) is 7.95. The van der Waals surface area contributed by atoms with E-state index in [0.717, 1.165) is 5.69 Å². The molecule has 0 bridgehead atoms. The average Bonchev–Trinajstić information content (AvgIpc) is 2.31. The summed E-state index contributed by atoms with van der Waals surface area (Å²) < 4.78 is 0. The SMILES string of the molecule is CCC(CC)(C(=O)O)N(C)c1ccc(C)cc1. The summed E-state index contributed by atoms with van der Waals surface area (Å²) in [7, 11) is 1.85. The number of carbonyl (C=O) groups is 1. The predicted octanol–water partition coefficient (Wildman–Crippen LogP) is 3.07. The van der Waals surface area contributed by atoms with Gasteiger partial charge in [-0.2, -0.15) is 0 Å². The van der Waals surface area contributed by atoms with Crippen LogP contribution in [0.1, 0.15) is 32.3 Å². The van der Waals surface area contributed by atoms with Crippen molar-refractivity contribution in [1.82, 2.24) is 0 Å². The Morgan fingerprint density at radius 3 is 2.06 bits per heavy atom. The van der Waals surface area contributed by atoms with Gasteiger partial charge in [0.2, 0.25) is 0 Å². The zero-order valence-corrected chi connectivity index (χ0v) is 11.0. The predicted molar refractivity (Wildman–Crippen MR) is 70.5 cm³/mol. The maximum atomic E-state index is 11.5. The van der Waals surface area contributed by atoms with Crippen LogP contribution < -0.4 is 4.90 Å². The van der Waals surface area contributed by atoms with E-state index in [1.165, 1.54) is 5.56 Å². The fraction of sp³-hybridized carbons (Fsp3) is 0.500. The molecule has 0 aliphatic heterocycles. The van der Waals surface area contributed by atoms with E-state index in [0.29, 0.717) is 12.8 Å². The van der Waals surface area contributed by atoms with Crippen molar-refractivity contribution in [2.75, 3.05) is 11.9 Å². The molecular weight excluding hydrogens is 214 g/mol. The molecule has 3 nitrogen and oxygen atoms in total. The highest BCUT2D eigenvalue weighted by atomic mass is 16.4. The first-order valence-electron chi connectivity index (χ1n) is 6.01. The number of carboxylic acids is 1. The fourth-order valence-corrected chi connectivity index (χ4v) is 2.19. The highest BCUT2D eigenvalue weighted by molar-refractivity contribution is 5.83. The van der Waals surface area contributed by atoms with Gasteiger partial charge in [-0.15, -0.1) is 0 Å². The van der Waals surface area contributed by atoms with E-state index in [4.69, 9.17) is 0 Å². The molecule has 0 heterocycles. The lowest BCUT2D eigenvalue weighted by atomic mass is 9.90. The second-order valence-corrected chi connectivity index (χ2v) is 4.44. The summed E-state index contributed by atoms with van der Waals surface area (Å²) in [6.45, 7) is 5.86. The number of aryl methyl sites for hydroxylation is 1. The van der Waals surface area contributed by atoms with Gasteiger partial charge in [0.05, 0.1) is 0 Å². The number of carboxylic acid groups (broad SMARTS) is 1. The van der Waals surface area contributed by atoms with Gasteiger partial charge in [-0.1, -0.05) is 31.5 Å². The number of benzene rings is 1. The van der Waals surface area contributed by atoms with Gasteiger partial charge >= 0.3 is 5.97 Å². The Morgan fingerprint density at radius 2 is 1.71 bits per heavy atom. The molecule has 17 heavy (non-hydrogen) atoms. The summed E-state index contributed by atoms with van der Waals surface area (Å²) in [5, 5.41) is 9.47. The summed E-state index contributed by atoms with van der Waals surface area (Å²) in [5.74, 6) is -0.759. The smallest absolute Gasteiger partial charge is 0.329 e. The highest BCUT2D eigenvalue weighted by Gasteiger charge is 2.39. The van der Waals surface area contributed by atoms with Crippen LogP contribution in [0.3, 0.4) is 0 Å². The van der Waals surface area contributed by atoms with Crippen molar-refractivity contribution in [3.8, 4) is 0 Å². The molecule has 3 heteroatoms. The van der Waals surface area contributed by atoms with Crippen LogP contribution in [0.25, 0.3) is 0 Å². The van der Waals surface area contributed by atoms with Crippen LogP contribution >= 0.6 is 0 Å². The average molecular weight is 235 g/mol. The van der Waals surface area contributed by atoms with Crippen LogP contribution in [0.4, 0.5) is 5.69 Å². The maximum absolute atomic E-state index is 11.5. The van der Waals surface area contributed by atoms with E-state index in [1.807, 2.05) is 57.0 Å². The van der Waals surface area contributed by atoms with E-state index < -0.39 is 11.5 Å². The minimum Gasteiger partial charge on any atom is -0.479 e. The molecule has 0 unspecified atom stereocenters. The number of rotatable bonds is 5. The lowest BCUT2D eigenvalue weighted by Crippen LogP contribution is -2.52. The molecule has 0 amide bonds. The molecule has 94 valence electrons. The van der Waals surface area contributed by atoms with Crippen LogP contribution in [0.15, 0.2) is 24.3 Å². The Labute approximate surface area is 103 Å². The molecule has 0 aromatic heterocycles. The third-order valence-corrected chi connectivity index (χ3v) is 3.63. The topological polar surface area (TPSA) is 40.5 Å². The third-order valence-electron chi connectivity index (χ3n) is 3.63. The van der Waals surface area contributed by atoms with E-state index in [1.54, 1.807) is 0 Å². The van der Waals surface area contributed by atoms with Crippen LogP contribution in [0.5, 0.6) is 0 Å². The first-order valence-corrected chi connectivity index (χ1v) is 6.01. The lowest BCUT2D eigenvalue weighted by molar-refractivity contribution is -0.143. The Kier molecular flexibility index (Phi) is 4.16. The molecule has 0 saturated heterocycles. The Hall–Kier alpha value is -1.51. The monoisotopic (exact) mass is 235 g/mol. The minimum absolute atomic E-state index is 0.587. The van der Waals surface area contributed by atoms with Crippen molar-refractivity contribution >= 4 is 11.7 Å². The summed E-state index contributed by atoms with van der Waals surface area (Å²) in [5.41, 5.74) is 1.31. The standard InChI is InChI=1S/C14H21NO2/c1-5-14(6-2,13(16)17)15(4)12-9-7-11(3)8-10-12/h7-10H,5-6H2,1-4H3,(H,16,17). The second-order valence-electron chi connectivity index (χ2n) is 4.44. The zero-order valence-electron chi connectivity index (χ0n) is 11.0. The molecule has 1 N–H and O–H groups in total. The number of hydrogen-bond donors (Lipinski definition) is 1. The van der Waals surface area contributed by atoms with E-state index in [-0.39, 0.29) is 0 Å². The highest BCUT2D eigenvalue weighted by Crippen LogP contribution is 2.28. The number of anilines is 1. The lowest BCUT2D eigenvalue weighted by Gasteiger charge is -2.38. The molecule has 1 rings (SSSR count). The molecule has 0 radical (unpaired) electrons. The van der Waals surface area contributed by atoms with Crippen LogP contribution in [-0.2, 0) is 4.79 Å². The summed E-state index contributed by atoms with van der Waals surface area (Å²) in [4.78, 5) is 13.4. The van der Waals surface area contributed by atoms with Crippen LogP contribution in [0, 0.1) is 6.92 Å². The normalized spacial score (nSPS) is 11.3. The number of likely N-dealkylation sites (N-methyl/N-ethyl adjacent to an activating group) is 1. The van der Waals surface area contributed by atoms with Crippen molar-refractivity contribution in [3.05, 3.63) is 29.8 Å². The van der Waals surface area contributed by atoms with Gasteiger partial charge in [0.1, 0.15) is 5.54 Å². The molecule has 1 aromatic rings. The number of aliphatic carboxylic acids is 1. The van der Waals surface area contributed by atoms with Crippen molar-refractivity contribution < 1.29 is 9.90 Å². The van der Waals surface area contributed by atoms with Crippen molar-refractivity contribution in [1.29, 1.82) is 0 Å². The van der Waals surface area contributed by atoms with Gasteiger partial charge in [0.25, 0.3) is 0 Å². The van der Waals surface area contributed by atoms with E-state index in [9.17, 15) is 9.90 Å². The summed E-state index contributed by atoms with van der Waals surface area (Å²) >= 11 is 0. The van der Waals surface area contributed by atoms with Crippen molar-refractivity contribution in [2.45, 2.75) is 39.2 Å². The van der Waals surface area contributed by atoms with E-state index >= 15 is 0 Å². The van der Waals surface area contributed by atoms with Gasteiger partial charge in [-0.3, -0.25) is 0 Å². The van der Waals surface area contributed by atoms with Gasteiger partial charge in [-0.05, 0) is 31.9 Å². The molecule has 1 aromatic carbocycles. The van der Waals surface area contributed by atoms with Crippen LogP contribution in [-0.4, -0.2) is 23.7 Å². The van der Waals surface area contributed by atoms with Gasteiger partial charge in [0.15, 0.2) is 0 Å². The van der Waals surface area contributed by atoms with Crippen LogP contribution in [0.2, 0.25) is 0 Å². The summed E-state index contributed by atoms with van der Waals surface area (Å²) in [6.07, 6.45) is 1.17. The molecule has 0 aliphatic carbocycles. The number of nitrogens with zero attached hydrogens (tertiary/aromatic N) is 1. The Balaban J connectivity index is 3.12. The quantitative estimate of drug-likeness (QED) is 0.852. The first-order chi connectivity index (χ1) is 7.97. The Bertz CT molecular complexity index is 380. The first kappa shape index (κ1) is 13.6. The maximum Gasteiger partial charge on any atom is 0.329 e.